The van der Waals surface area contributed by atoms with Crippen molar-refractivity contribution in [3.05, 3.63) is 36.7 Å². The first-order valence-electron chi connectivity index (χ1n) is 7.75. The zero-order valence-electron chi connectivity index (χ0n) is 14.5. The second-order valence-electron chi connectivity index (χ2n) is 5.62. The van der Waals surface area contributed by atoms with E-state index in [0.29, 0.717) is 36.0 Å². The number of aromatic nitrogens is 2. The standard InChI is InChI=1S/C16H21BN4O4/c1-12(22)20(2)8-9-21(3)15-10-18-11-16(19-15)25-14-6-4-13(5-7-14)17(23)24/h4-7,10-11,23-24H,8-9H2,1-3H3. The van der Waals surface area contributed by atoms with Gasteiger partial charge < -0.3 is 24.6 Å². The van der Waals surface area contributed by atoms with E-state index in [2.05, 4.69) is 9.97 Å². The van der Waals surface area contributed by atoms with Gasteiger partial charge in [-0.05, 0) is 17.6 Å². The molecule has 2 aromatic rings. The third kappa shape index (κ3) is 5.44. The molecule has 0 radical (unpaired) electrons. The molecule has 0 saturated heterocycles. The lowest BCUT2D eigenvalue weighted by atomic mass is 9.80. The summed E-state index contributed by atoms with van der Waals surface area (Å²) in [6.07, 6.45) is 3.11. The molecular formula is C16H21BN4O4. The van der Waals surface area contributed by atoms with Crippen molar-refractivity contribution in [3.8, 4) is 11.6 Å². The van der Waals surface area contributed by atoms with Gasteiger partial charge in [-0.15, -0.1) is 0 Å². The Balaban J connectivity index is 2.01. The van der Waals surface area contributed by atoms with Gasteiger partial charge in [0.2, 0.25) is 11.8 Å². The number of benzene rings is 1. The molecule has 9 heteroatoms. The van der Waals surface area contributed by atoms with Gasteiger partial charge in [0.1, 0.15) is 5.75 Å². The Morgan fingerprint density at radius 3 is 2.44 bits per heavy atom. The molecule has 1 amide bonds. The van der Waals surface area contributed by atoms with E-state index in [1.165, 1.54) is 13.1 Å². The van der Waals surface area contributed by atoms with Crippen LogP contribution in [0.2, 0.25) is 0 Å². The summed E-state index contributed by atoms with van der Waals surface area (Å²) in [6.45, 7) is 2.70. The number of carbonyl (C=O) groups is 1. The Hall–Kier alpha value is -2.65. The van der Waals surface area contributed by atoms with Crippen LogP contribution < -0.4 is 15.1 Å². The summed E-state index contributed by atoms with van der Waals surface area (Å²) in [4.78, 5) is 23.3. The number of hydrogen-bond acceptors (Lipinski definition) is 7. The molecule has 0 fully saturated rings. The molecule has 0 aliphatic heterocycles. The smallest absolute Gasteiger partial charge is 0.437 e. The van der Waals surface area contributed by atoms with Crippen molar-refractivity contribution in [2.75, 3.05) is 32.1 Å². The molecule has 1 aromatic heterocycles. The molecule has 0 unspecified atom stereocenters. The van der Waals surface area contributed by atoms with E-state index in [4.69, 9.17) is 14.8 Å². The van der Waals surface area contributed by atoms with Gasteiger partial charge >= 0.3 is 7.12 Å². The Kier molecular flexibility index (Phi) is 6.32. The molecule has 0 aliphatic rings. The maximum atomic E-state index is 11.2. The van der Waals surface area contributed by atoms with Crippen LogP contribution in [0.5, 0.6) is 11.6 Å². The molecule has 0 spiro atoms. The monoisotopic (exact) mass is 344 g/mol. The second kappa shape index (κ2) is 8.45. The van der Waals surface area contributed by atoms with Crippen molar-refractivity contribution < 1.29 is 19.6 Å². The molecule has 1 heterocycles. The van der Waals surface area contributed by atoms with E-state index < -0.39 is 7.12 Å². The molecule has 2 N–H and O–H groups in total. The van der Waals surface area contributed by atoms with Crippen LogP contribution in [0.1, 0.15) is 6.92 Å². The molecule has 25 heavy (non-hydrogen) atoms. The lowest BCUT2D eigenvalue weighted by Crippen LogP contribution is -2.33. The normalized spacial score (nSPS) is 10.3. The molecular weight excluding hydrogens is 323 g/mol. The Labute approximate surface area is 146 Å². The van der Waals surface area contributed by atoms with Crippen LogP contribution in [0.15, 0.2) is 36.7 Å². The second-order valence-corrected chi connectivity index (χ2v) is 5.62. The van der Waals surface area contributed by atoms with Crippen LogP contribution in [0.3, 0.4) is 0 Å². The third-order valence-corrected chi connectivity index (χ3v) is 3.70. The van der Waals surface area contributed by atoms with Gasteiger partial charge in [-0.2, -0.15) is 4.98 Å². The first-order valence-corrected chi connectivity index (χ1v) is 7.75. The molecule has 1 aromatic carbocycles. The van der Waals surface area contributed by atoms with Gasteiger partial charge in [-0.3, -0.25) is 9.78 Å². The number of likely N-dealkylation sites (N-methyl/N-ethyl adjacent to an activating group) is 2. The number of rotatable bonds is 7. The Morgan fingerprint density at radius 2 is 1.84 bits per heavy atom. The minimum absolute atomic E-state index is 0.00742. The predicted molar refractivity (Wildman–Crippen MR) is 95.0 cm³/mol. The van der Waals surface area contributed by atoms with E-state index in [1.807, 2.05) is 11.9 Å². The van der Waals surface area contributed by atoms with Crippen LogP contribution >= 0.6 is 0 Å². The van der Waals surface area contributed by atoms with Crippen LogP contribution in [0.4, 0.5) is 5.82 Å². The van der Waals surface area contributed by atoms with Gasteiger partial charge in [0.05, 0.1) is 12.4 Å². The average molecular weight is 344 g/mol. The highest BCUT2D eigenvalue weighted by Gasteiger charge is 2.11. The Bertz CT molecular complexity index is 712. The van der Waals surface area contributed by atoms with E-state index in [1.54, 1.807) is 42.4 Å². The first kappa shape index (κ1) is 18.7. The lowest BCUT2D eigenvalue weighted by molar-refractivity contribution is -0.127. The zero-order chi connectivity index (χ0) is 18.4. The van der Waals surface area contributed by atoms with Gasteiger partial charge in [-0.1, -0.05) is 12.1 Å². The quantitative estimate of drug-likeness (QED) is 0.675. The number of carbonyl (C=O) groups excluding carboxylic acids is 1. The maximum Gasteiger partial charge on any atom is 0.488 e. The molecule has 2 rings (SSSR count). The summed E-state index contributed by atoms with van der Waals surface area (Å²) in [7, 11) is 2.09. The summed E-state index contributed by atoms with van der Waals surface area (Å²) in [6, 6.07) is 6.35. The molecule has 0 bridgehead atoms. The summed E-state index contributed by atoms with van der Waals surface area (Å²) in [5.74, 6) is 1.46. The van der Waals surface area contributed by atoms with Crippen LogP contribution in [-0.2, 0) is 4.79 Å². The van der Waals surface area contributed by atoms with Crippen molar-refractivity contribution in [3.63, 3.8) is 0 Å². The van der Waals surface area contributed by atoms with E-state index in [-0.39, 0.29) is 5.91 Å². The topological polar surface area (TPSA) is 99.0 Å². The summed E-state index contributed by atoms with van der Waals surface area (Å²) in [5.41, 5.74) is 0.376. The van der Waals surface area contributed by atoms with E-state index in [0.717, 1.165) is 0 Å². The largest absolute Gasteiger partial charge is 0.488 e. The highest BCUT2D eigenvalue weighted by molar-refractivity contribution is 6.58. The highest BCUT2D eigenvalue weighted by atomic mass is 16.5. The number of nitrogens with zero attached hydrogens (tertiary/aromatic N) is 4. The van der Waals surface area contributed by atoms with Gasteiger partial charge in [0.25, 0.3) is 0 Å². The van der Waals surface area contributed by atoms with E-state index >= 15 is 0 Å². The SMILES string of the molecule is CC(=O)N(C)CCN(C)c1cncc(Oc2ccc(B(O)O)cc2)n1. The fraction of sp³-hybridized carbons (Fsp3) is 0.312. The van der Waals surface area contributed by atoms with Crippen molar-refractivity contribution >= 4 is 24.3 Å². The molecule has 132 valence electrons. The first-order chi connectivity index (χ1) is 11.9. The zero-order valence-corrected chi connectivity index (χ0v) is 14.5. The minimum atomic E-state index is -1.51. The molecule has 0 saturated carbocycles. The predicted octanol–water partition coefficient (Wildman–Crippen LogP) is -0.137. The van der Waals surface area contributed by atoms with Crippen molar-refractivity contribution in [2.45, 2.75) is 6.92 Å². The number of amides is 1. The van der Waals surface area contributed by atoms with E-state index in [9.17, 15) is 4.79 Å². The number of ether oxygens (including phenoxy) is 1. The van der Waals surface area contributed by atoms with Crippen LogP contribution in [0.25, 0.3) is 0 Å². The fourth-order valence-electron chi connectivity index (χ4n) is 1.97. The van der Waals surface area contributed by atoms with Crippen molar-refractivity contribution in [2.24, 2.45) is 0 Å². The maximum absolute atomic E-state index is 11.2. The average Bonchev–Trinajstić information content (AvgIpc) is 2.60. The molecule has 0 atom stereocenters. The molecule has 0 aliphatic carbocycles. The number of hydrogen-bond donors (Lipinski definition) is 2. The summed E-state index contributed by atoms with van der Waals surface area (Å²) < 4.78 is 5.64. The van der Waals surface area contributed by atoms with Gasteiger partial charge in [0, 0.05) is 34.1 Å². The van der Waals surface area contributed by atoms with Gasteiger partial charge in [0.15, 0.2) is 5.82 Å². The molecule has 8 nitrogen and oxygen atoms in total. The van der Waals surface area contributed by atoms with Gasteiger partial charge in [-0.25, -0.2) is 0 Å². The van der Waals surface area contributed by atoms with Crippen molar-refractivity contribution in [1.29, 1.82) is 0 Å². The van der Waals surface area contributed by atoms with Crippen molar-refractivity contribution in [1.82, 2.24) is 14.9 Å². The third-order valence-electron chi connectivity index (χ3n) is 3.70. The summed E-state index contributed by atoms with van der Waals surface area (Å²) >= 11 is 0. The number of anilines is 1. The summed E-state index contributed by atoms with van der Waals surface area (Å²) in [5, 5.41) is 18.2. The lowest BCUT2D eigenvalue weighted by Gasteiger charge is -2.22. The van der Waals surface area contributed by atoms with Crippen LogP contribution in [0, 0.1) is 0 Å². The minimum Gasteiger partial charge on any atom is -0.437 e. The highest BCUT2D eigenvalue weighted by Crippen LogP contribution is 2.19. The van der Waals surface area contributed by atoms with Crippen LogP contribution in [-0.4, -0.2) is 65.1 Å². The fourth-order valence-corrected chi connectivity index (χ4v) is 1.97. The Morgan fingerprint density at radius 1 is 1.16 bits per heavy atom.